The minimum absolute atomic E-state index is 0.0652. The Labute approximate surface area is 180 Å². The maximum absolute atomic E-state index is 12.4. The first-order valence-electron chi connectivity index (χ1n) is 10.9. The van der Waals surface area contributed by atoms with Crippen LogP contribution in [0.25, 0.3) is 22.3 Å². The normalized spacial score (nSPS) is 16.6. The van der Waals surface area contributed by atoms with Crippen LogP contribution in [0, 0.1) is 0 Å². The van der Waals surface area contributed by atoms with Gasteiger partial charge in [-0.3, -0.25) is 9.36 Å². The largest absolute Gasteiger partial charge is 0.360 e. The van der Waals surface area contributed by atoms with E-state index in [0.29, 0.717) is 11.8 Å². The summed E-state index contributed by atoms with van der Waals surface area (Å²) in [6.45, 7) is 0.723. The Morgan fingerprint density at radius 2 is 2.13 bits per heavy atom. The lowest BCUT2D eigenvalue weighted by molar-refractivity contribution is -0.118. The van der Waals surface area contributed by atoms with Gasteiger partial charge in [0.1, 0.15) is 0 Å². The topological polar surface area (TPSA) is 75.6 Å². The fraction of sp³-hybridized carbons (Fsp3) is 0.435. The van der Waals surface area contributed by atoms with Gasteiger partial charge in [-0.05, 0) is 51.0 Å². The molecule has 0 spiro atoms. The van der Waals surface area contributed by atoms with E-state index in [-0.39, 0.29) is 5.91 Å². The fourth-order valence-corrected chi connectivity index (χ4v) is 4.99. The number of nitrogens with one attached hydrogen (secondary N) is 2. The third-order valence-corrected chi connectivity index (χ3v) is 6.84. The van der Waals surface area contributed by atoms with E-state index in [9.17, 15) is 4.79 Å². The maximum atomic E-state index is 12.4. The van der Waals surface area contributed by atoms with Crippen molar-refractivity contribution in [3.05, 3.63) is 42.1 Å². The highest BCUT2D eigenvalue weighted by Crippen LogP contribution is 2.42. The Kier molecular flexibility index (Phi) is 5.62. The lowest BCUT2D eigenvalue weighted by Gasteiger charge is -2.13. The van der Waals surface area contributed by atoms with Gasteiger partial charge in [-0.25, -0.2) is 0 Å². The summed E-state index contributed by atoms with van der Waals surface area (Å²) in [4.78, 5) is 15.7. The number of H-pyrrole nitrogens is 1. The van der Waals surface area contributed by atoms with Gasteiger partial charge < -0.3 is 10.3 Å². The van der Waals surface area contributed by atoms with Crippen LogP contribution in [0.4, 0.5) is 0 Å². The molecule has 1 amide bonds. The van der Waals surface area contributed by atoms with Crippen molar-refractivity contribution in [1.29, 1.82) is 0 Å². The van der Waals surface area contributed by atoms with Crippen LogP contribution in [0.15, 0.2) is 47.3 Å². The van der Waals surface area contributed by atoms with Gasteiger partial charge in [0, 0.05) is 35.2 Å². The van der Waals surface area contributed by atoms with Crippen LogP contribution < -0.4 is 5.32 Å². The van der Waals surface area contributed by atoms with Crippen LogP contribution in [-0.4, -0.2) is 38.0 Å². The summed E-state index contributed by atoms with van der Waals surface area (Å²) in [7, 11) is 0. The molecule has 2 aliphatic carbocycles. The molecule has 1 saturated carbocycles. The SMILES string of the molecule is O=C(CSc1nnc(-c2c[nH]c3ccccc23)n1C1CC1)NCCC1=CCCCC1. The average Bonchev–Trinajstić information content (AvgIpc) is 3.39. The molecule has 0 saturated heterocycles. The molecule has 5 rings (SSSR count). The third-order valence-electron chi connectivity index (χ3n) is 5.89. The minimum Gasteiger partial charge on any atom is -0.360 e. The van der Waals surface area contributed by atoms with Gasteiger partial charge in [-0.2, -0.15) is 0 Å². The summed E-state index contributed by atoms with van der Waals surface area (Å²) in [5, 5.41) is 14.0. The van der Waals surface area contributed by atoms with Gasteiger partial charge in [-0.1, -0.05) is 41.6 Å². The van der Waals surface area contributed by atoms with Gasteiger partial charge >= 0.3 is 0 Å². The summed E-state index contributed by atoms with van der Waals surface area (Å²) in [5.74, 6) is 1.33. The molecule has 6 nitrogen and oxygen atoms in total. The number of aromatic nitrogens is 4. The summed E-state index contributed by atoms with van der Waals surface area (Å²) >= 11 is 1.49. The predicted octanol–water partition coefficient (Wildman–Crippen LogP) is 4.86. The highest BCUT2D eigenvalue weighted by molar-refractivity contribution is 7.99. The molecule has 1 aromatic carbocycles. The van der Waals surface area contributed by atoms with Gasteiger partial charge in [0.05, 0.1) is 5.75 Å². The number of para-hydroxylation sites is 1. The van der Waals surface area contributed by atoms with Gasteiger partial charge in [-0.15, -0.1) is 10.2 Å². The molecule has 1 fully saturated rings. The number of thioether (sulfide) groups is 1. The van der Waals surface area contributed by atoms with Crippen LogP contribution in [0.2, 0.25) is 0 Å². The second-order valence-corrected chi connectivity index (χ2v) is 9.09. The molecular formula is C23H27N5OS. The molecule has 2 aromatic heterocycles. The van der Waals surface area contributed by atoms with Crippen molar-refractivity contribution in [3.63, 3.8) is 0 Å². The number of hydrogen-bond acceptors (Lipinski definition) is 4. The molecule has 2 heterocycles. The van der Waals surface area contributed by atoms with Crippen molar-refractivity contribution in [1.82, 2.24) is 25.1 Å². The summed E-state index contributed by atoms with van der Waals surface area (Å²) < 4.78 is 2.22. The average molecular weight is 422 g/mol. The number of nitrogens with zero attached hydrogens (tertiary/aromatic N) is 3. The van der Waals surface area contributed by atoms with E-state index in [0.717, 1.165) is 53.3 Å². The molecule has 2 aliphatic rings. The molecule has 30 heavy (non-hydrogen) atoms. The fourth-order valence-electron chi connectivity index (χ4n) is 4.15. The molecule has 156 valence electrons. The van der Waals surface area contributed by atoms with E-state index in [2.05, 4.69) is 43.3 Å². The molecule has 0 aliphatic heterocycles. The van der Waals surface area contributed by atoms with Crippen LogP contribution >= 0.6 is 11.8 Å². The summed E-state index contributed by atoms with van der Waals surface area (Å²) in [6, 6.07) is 8.68. The Morgan fingerprint density at radius 1 is 1.23 bits per heavy atom. The number of aromatic amines is 1. The molecule has 0 unspecified atom stereocenters. The molecule has 0 atom stereocenters. The zero-order valence-electron chi connectivity index (χ0n) is 17.1. The number of carbonyl (C=O) groups is 1. The van der Waals surface area contributed by atoms with Crippen molar-refractivity contribution in [2.75, 3.05) is 12.3 Å². The van der Waals surface area contributed by atoms with Crippen LogP contribution in [0.1, 0.15) is 51.0 Å². The number of carbonyl (C=O) groups excluding carboxylic acids is 1. The first kappa shape index (κ1) is 19.4. The first-order valence-corrected chi connectivity index (χ1v) is 11.9. The van der Waals surface area contributed by atoms with E-state index in [1.165, 1.54) is 43.0 Å². The van der Waals surface area contributed by atoms with Crippen LogP contribution in [0.3, 0.4) is 0 Å². The number of benzene rings is 1. The second kappa shape index (κ2) is 8.68. The van der Waals surface area contributed by atoms with E-state index in [1.54, 1.807) is 0 Å². The Morgan fingerprint density at radius 3 is 2.97 bits per heavy atom. The Bertz CT molecular complexity index is 1080. The highest BCUT2D eigenvalue weighted by Gasteiger charge is 2.31. The number of rotatable bonds is 8. The zero-order chi connectivity index (χ0) is 20.3. The Balaban J connectivity index is 1.24. The molecule has 7 heteroatoms. The zero-order valence-corrected chi connectivity index (χ0v) is 17.9. The Hall–Kier alpha value is -2.54. The van der Waals surface area contributed by atoms with Gasteiger partial charge in [0.25, 0.3) is 0 Å². The highest BCUT2D eigenvalue weighted by atomic mass is 32.2. The van der Waals surface area contributed by atoms with Gasteiger partial charge in [0.2, 0.25) is 5.91 Å². The predicted molar refractivity (Wildman–Crippen MR) is 120 cm³/mol. The number of amides is 1. The minimum atomic E-state index is 0.0652. The van der Waals surface area contributed by atoms with E-state index in [1.807, 2.05) is 18.3 Å². The maximum Gasteiger partial charge on any atom is 0.230 e. The first-order chi connectivity index (χ1) is 14.8. The molecule has 0 bridgehead atoms. The van der Waals surface area contributed by atoms with E-state index < -0.39 is 0 Å². The standard InChI is InChI=1S/C23H27N5OS/c29-21(24-13-12-16-6-2-1-3-7-16)15-30-23-27-26-22(28(23)17-10-11-17)19-14-25-20-9-5-4-8-18(19)20/h4-6,8-9,14,17,25H,1-3,7,10-13,15H2,(H,24,29). The van der Waals surface area contributed by atoms with Crippen molar-refractivity contribution in [3.8, 4) is 11.4 Å². The number of allylic oxidation sites excluding steroid dienone is 1. The third kappa shape index (κ3) is 4.17. The van der Waals surface area contributed by atoms with Crippen molar-refractivity contribution in [2.45, 2.75) is 56.1 Å². The summed E-state index contributed by atoms with van der Waals surface area (Å²) in [6.07, 6.45) is 12.6. The lowest BCUT2D eigenvalue weighted by Crippen LogP contribution is -2.26. The smallest absolute Gasteiger partial charge is 0.230 e. The van der Waals surface area contributed by atoms with Gasteiger partial charge in [0.15, 0.2) is 11.0 Å². The molecule has 2 N–H and O–H groups in total. The quantitative estimate of drug-likeness (QED) is 0.402. The number of hydrogen-bond donors (Lipinski definition) is 2. The van der Waals surface area contributed by atoms with Crippen molar-refractivity contribution < 1.29 is 4.79 Å². The summed E-state index contributed by atoms with van der Waals surface area (Å²) in [5.41, 5.74) is 3.66. The number of fused-ring (bicyclic) bond motifs is 1. The lowest BCUT2D eigenvalue weighted by atomic mass is 9.97. The van der Waals surface area contributed by atoms with Crippen LogP contribution in [-0.2, 0) is 4.79 Å². The molecule has 3 aromatic rings. The second-order valence-electron chi connectivity index (χ2n) is 8.15. The van der Waals surface area contributed by atoms with Crippen molar-refractivity contribution in [2.24, 2.45) is 0 Å². The van der Waals surface area contributed by atoms with E-state index in [4.69, 9.17) is 0 Å². The van der Waals surface area contributed by atoms with E-state index >= 15 is 0 Å². The molecular weight excluding hydrogens is 394 g/mol. The molecule has 0 radical (unpaired) electrons. The van der Waals surface area contributed by atoms with Crippen LogP contribution in [0.5, 0.6) is 0 Å². The monoisotopic (exact) mass is 421 g/mol. The van der Waals surface area contributed by atoms with Crippen molar-refractivity contribution >= 4 is 28.6 Å².